The highest BCUT2D eigenvalue weighted by Crippen LogP contribution is 2.10. The molecule has 0 aromatic rings. The molecule has 82 valence electrons. The standard InChI is InChI=1S/C14H26/c1-3-5-7-9-11-13-14-12-10-8-6-4-2/h1,3,7H,4-6,8-14H2,2H3. The molecule has 0 rings (SSSR count). The van der Waals surface area contributed by atoms with Crippen molar-refractivity contribution < 1.29 is 0 Å². The van der Waals surface area contributed by atoms with Crippen LogP contribution in [-0.4, -0.2) is 0 Å². The third-order valence-electron chi connectivity index (χ3n) is 2.56. The van der Waals surface area contributed by atoms with Crippen molar-refractivity contribution in [2.24, 2.45) is 0 Å². The van der Waals surface area contributed by atoms with Crippen LogP contribution in [0.5, 0.6) is 0 Å². The van der Waals surface area contributed by atoms with Gasteiger partial charge in [0.05, 0.1) is 0 Å². The van der Waals surface area contributed by atoms with Crippen molar-refractivity contribution in [2.75, 3.05) is 0 Å². The van der Waals surface area contributed by atoms with E-state index in [4.69, 9.17) is 6.58 Å². The fourth-order valence-corrected chi connectivity index (χ4v) is 1.64. The summed E-state index contributed by atoms with van der Waals surface area (Å²) in [6.07, 6.45) is 17.5. The van der Waals surface area contributed by atoms with Crippen LogP contribution in [0.1, 0.15) is 71.1 Å². The van der Waals surface area contributed by atoms with E-state index in [1.807, 2.05) is 0 Å². The lowest BCUT2D eigenvalue weighted by molar-refractivity contribution is 0.573. The van der Waals surface area contributed by atoms with Crippen molar-refractivity contribution in [1.82, 2.24) is 0 Å². The van der Waals surface area contributed by atoms with E-state index in [0.717, 1.165) is 6.42 Å². The van der Waals surface area contributed by atoms with Gasteiger partial charge in [0.1, 0.15) is 0 Å². The molecule has 0 unspecified atom stereocenters. The molecular weight excluding hydrogens is 168 g/mol. The molecule has 0 bridgehead atoms. The zero-order valence-corrected chi connectivity index (χ0v) is 9.80. The van der Waals surface area contributed by atoms with E-state index in [0.29, 0.717) is 0 Å². The quantitative estimate of drug-likeness (QED) is 0.401. The van der Waals surface area contributed by atoms with E-state index in [-0.39, 0.29) is 0 Å². The minimum atomic E-state index is 0.969. The van der Waals surface area contributed by atoms with Crippen LogP contribution >= 0.6 is 0 Å². The second-order valence-corrected chi connectivity index (χ2v) is 4.02. The summed E-state index contributed by atoms with van der Waals surface area (Å²) < 4.78 is 0. The van der Waals surface area contributed by atoms with Crippen LogP contribution in [0.15, 0.2) is 6.08 Å². The Kier molecular flexibility index (Phi) is 12.5. The third kappa shape index (κ3) is 11.7. The maximum absolute atomic E-state index is 5.28. The van der Waals surface area contributed by atoms with Crippen LogP contribution in [0.25, 0.3) is 0 Å². The van der Waals surface area contributed by atoms with Crippen molar-refractivity contribution >= 4 is 0 Å². The molecule has 0 saturated carbocycles. The first-order valence-electron chi connectivity index (χ1n) is 6.27. The normalized spacial score (nSPS) is 10.4. The van der Waals surface area contributed by atoms with Gasteiger partial charge >= 0.3 is 0 Å². The molecule has 0 aromatic heterocycles. The first-order chi connectivity index (χ1) is 6.91. The van der Waals surface area contributed by atoms with Crippen LogP contribution in [0.2, 0.25) is 0 Å². The molecule has 0 fully saturated rings. The highest BCUT2D eigenvalue weighted by atomic mass is 14.0. The van der Waals surface area contributed by atoms with Gasteiger partial charge in [-0.05, 0) is 19.3 Å². The predicted molar refractivity (Wildman–Crippen MR) is 65.0 cm³/mol. The molecule has 0 amide bonds. The van der Waals surface area contributed by atoms with Crippen molar-refractivity contribution in [3.63, 3.8) is 0 Å². The summed E-state index contributed by atoms with van der Waals surface area (Å²) in [4.78, 5) is 0. The van der Waals surface area contributed by atoms with Gasteiger partial charge in [0.2, 0.25) is 0 Å². The Morgan fingerprint density at radius 1 is 0.857 bits per heavy atom. The SMILES string of the molecule is [CH]=CC[CH]CCCCCCCCCC. The van der Waals surface area contributed by atoms with E-state index >= 15 is 0 Å². The van der Waals surface area contributed by atoms with Gasteiger partial charge in [-0.15, -0.1) is 0 Å². The number of unbranched alkanes of at least 4 members (excludes halogenated alkanes) is 10. The lowest BCUT2D eigenvalue weighted by atomic mass is 10.1. The maximum Gasteiger partial charge on any atom is -0.0316 e. The summed E-state index contributed by atoms with van der Waals surface area (Å²) in [5.74, 6) is 0. The maximum atomic E-state index is 5.28. The van der Waals surface area contributed by atoms with Crippen LogP contribution in [0, 0.1) is 13.0 Å². The average molecular weight is 194 g/mol. The molecule has 0 aliphatic heterocycles. The summed E-state index contributed by atoms with van der Waals surface area (Å²) in [6, 6.07) is 0. The molecule has 0 atom stereocenters. The van der Waals surface area contributed by atoms with Gasteiger partial charge in [0.25, 0.3) is 0 Å². The Hall–Kier alpha value is -0.260. The van der Waals surface area contributed by atoms with Crippen LogP contribution < -0.4 is 0 Å². The Bertz CT molecular complexity index is 105. The molecule has 14 heavy (non-hydrogen) atoms. The number of rotatable bonds is 11. The molecule has 0 aliphatic rings. The molecule has 0 heteroatoms. The van der Waals surface area contributed by atoms with Crippen LogP contribution in [0.3, 0.4) is 0 Å². The van der Waals surface area contributed by atoms with Gasteiger partial charge in [0, 0.05) is 0 Å². The van der Waals surface area contributed by atoms with E-state index in [1.165, 1.54) is 57.8 Å². The van der Waals surface area contributed by atoms with Gasteiger partial charge in [-0.3, -0.25) is 0 Å². The number of hydrogen-bond donors (Lipinski definition) is 0. The van der Waals surface area contributed by atoms with E-state index in [2.05, 4.69) is 13.3 Å². The molecule has 0 aromatic carbocycles. The molecule has 0 aliphatic carbocycles. The highest BCUT2D eigenvalue weighted by molar-refractivity contribution is 4.75. The summed E-state index contributed by atoms with van der Waals surface area (Å²) in [7, 11) is 0. The van der Waals surface area contributed by atoms with Gasteiger partial charge in [-0.1, -0.05) is 70.9 Å². The Morgan fingerprint density at radius 3 is 2.00 bits per heavy atom. The van der Waals surface area contributed by atoms with E-state index in [1.54, 1.807) is 6.08 Å². The van der Waals surface area contributed by atoms with Gasteiger partial charge < -0.3 is 0 Å². The minimum absolute atomic E-state index is 0.969. The zero-order chi connectivity index (χ0) is 10.5. The Balaban J connectivity index is 2.81. The van der Waals surface area contributed by atoms with Crippen LogP contribution in [-0.2, 0) is 0 Å². The second-order valence-electron chi connectivity index (χ2n) is 4.02. The first-order valence-corrected chi connectivity index (χ1v) is 6.27. The van der Waals surface area contributed by atoms with Crippen LogP contribution in [0.4, 0.5) is 0 Å². The molecule has 2 radical (unpaired) electrons. The second kappa shape index (κ2) is 12.7. The van der Waals surface area contributed by atoms with E-state index in [9.17, 15) is 0 Å². The Labute approximate surface area is 90.8 Å². The Morgan fingerprint density at radius 2 is 1.43 bits per heavy atom. The fourth-order valence-electron chi connectivity index (χ4n) is 1.64. The van der Waals surface area contributed by atoms with Gasteiger partial charge in [-0.25, -0.2) is 0 Å². The lowest BCUT2D eigenvalue weighted by Gasteiger charge is -2.00. The molecular formula is C14H26. The minimum Gasteiger partial charge on any atom is -0.0843 e. The summed E-state index contributed by atoms with van der Waals surface area (Å²) in [5.41, 5.74) is 0. The number of allylic oxidation sites excluding steroid dienone is 1. The van der Waals surface area contributed by atoms with Crippen molar-refractivity contribution in [1.29, 1.82) is 0 Å². The fraction of sp³-hybridized carbons (Fsp3) is 0.786. The van der Waals surface area contributed by atoms with Crippen molar-refractivity contribution in [2.45, 2.75) is 71.1 Å². The molecule has 0 spiro atoms. The predicted octanol–water partition coefficient (Wildman–Crippen LogP) is 5.10. The summed E-state index contributed by atoms with van der Waals surface area (Å²) in [6.45, 7) is 7.55. The number of hydrogen-bond acceptors (Lipinski definition) is 0. The van der Waals surface area contributed by atoms with Crippen molar-refractivity contribution in [3.05, 3.63) is 19.1 Å². The third-order valence-corrected chi connectivity index (χ3v) is 2.56. The first kappa shape index (κ1) is 13.7. The smallest absolute Gasteiger partial charge is 0.0316 e. The topological polar surface area (TPSA) is 0 Å². The van der Waals surface area contributed by atoms with E-state index < -0.39 is 0 Å². The van der Waals surface area contributed by atoms with Crippen molar-refractivity contribution in [3.8, 4) is 0 Å². The monoisotopic (exact) mass is 194 g/mol. The average Bonchev–Trinajstić information content (AvgIpc) is 2.21. The lowest BCUT2D eigenvalue weighted by Crippen LogP contribution is -1.81. The highest BCUT2D eigenvalue weighted by Gasteiger charge is 1.91. The molecule has 0 saturated heterocycles. The van der Waals surface area contributed by atoms with Gasteiger partial charge in [-0.2, -0.15) is 0 Å². The largest absolute Gasteiger partial charge is 0.0843 e. The zero-order valence-electron chi connectivity index (χ0n) is 9.80. The molecule has 0 heterocycles. The molecule has 0 N–H and O–H groups in total. The summed E-state index contributed by atoms with van der Waals surface area (Å²) >= 11 is 0. The molecule has 0 nitrogen and oxygen atoms in total. The van der Waals surface area contributed by atoms with Gasteiger partial charge in [0.15, 0.2) is 0 Å². The summed E-state index contributed by atoms with van der Waals surface area (Å²) in [5, 5.41) is 0.